The molecule has 0 unspecified atom stereocenters. The summed E-state index contributed by atoms with van der Waals surface area (Å²) < 4.78 is 17.5. The summed E-state index contributed by atoms with van der Waals surface area (Å²) in [5.74, 6) is 1.84. The first-order chi connectivity index (χ1) is 13.0. The highest BCUT2D eigenvalue weighted by Crippen LogP contribution is 2.32. The minimum atomic E-state index is -0.860. The van der Waals surface area contributed by atoms with Crippen molar-refractivity contribution in [2.45, 2.75) is 25.9 Å². The second-order valence-corrected chi connectivity index (χ2v) is 6.56. The van der Waals surface area contributed by atoms with Gasteiger partial charge >= 0.3 is 0 Å². The highest BCUT2D eigenvalue weighted by atomic mass is 16.5. The molecule has 0 spiro atoms. The highest BCUT2D eigenvalue weighted by Gasteiger charge is 2.30. The van der Waals surface area contributed by atoms with Crippen LogP contribution < -0.4 is 14.8 Å². The van der Waals surface area contributed by atoms with Crippen LogP contribution in [0.3, 0.4) is 0 Å². The van der Waals surface area contributed by atoms with E-state index in [0.29, 0.717) is 23.8 Å². The van der Waals surface area contributed by atoms with Crippen molar-refractivity contribution in [3.05, 3.63) is 54.7 Å². The minimum Gasteiger partial charge on any atom is -0.493 e. The fourth-order valence-corrected chi connectivity index (χ4v) is 2.69. The zero-order chi connectivity index (χ0) is 19.4. The van der Waals surface area contributed by atoms with Gasteiger partial charge in [0.15, 0.2) is 11.5 Å². The van der Waals surface area contributed by atoms with Crippen molar-refractivity contribution in [3.8, 4) is 22.6 Å². The first-order valence-corrected chi connectivity index (χ1v) is 8.54. The van der Waals surface area contributed by atoms with Gasteiger partial charge in [0.05, 0.1) is 33.2 Å². The number of carbonyl (C=O) groups is 1. The number of rotatable bonds is 7. The van der Waals surface area contributed by atoms with Gasteiger partial charge < -0.3 is 19.2 Å². The molecule has 0 saturated carbocycles. The predicted octanol–water partition coefficient (Wildman–Crippen LogP) is 3.21. The molecular weight excluding hydrogens is 346 g/mol. The lowest BCUT2D eigenvalue weighted by molar-refractivity contribution is -0.129. The number of aromatic nitrogens is 2. The quantitative estimate of drug-likeness (QED) is 0.692. The Labute approximate surface area is 157 Å². The smallest absolute Gasteiger partial charge is 0.247 e. The summed E-state index contributed by atoms with van der Waals surface area (Å²) in [6.45, 7) is 3.96. The fraction of sp³-hybridized carbons (Fsp3) is 0.300. The molecule has 142 valence electrons. The maximum atomic E-state index is 12.6. The van der Waals surface area contributed by atoms with E-state index in [1.165, 1.54) is 0 Å². The van der Waals surface area contributed by atoms with Crippen LogP contribution in [0.25, 0.3) is 11.1 Å². The molecule has 2 aromatic heterocycles. The highest BCUT2D eigenvalue weighted by molar-refractivity contribution is 5.83. The van der Waals surface area contributed by atoms with Gasteiger partial charge in [-0.2, -0.15) is 5.10 Å². The molecule has 1 N–H and O–H groups in total. The number of hydrogen-bond donors (Lipinski definition) is 1. The Hall–Kier alpha value is -3.22. The van der Waals surface area contributed by atoms with Crippen LogP contribution >= 0.6 is 0 Å². The summed E-state index contributed by atoms with van der Waals surface area (Å²) in [5, 5.41) is 7.26. The van der Waals surface area contributed by atoms with E-state index in [2.05, 4.69) is 10.4 Å². The standard InChI is InChI=1S/C20H23N3O4/c1-20(2,19(24)21-12-16-6-5-9-27-16)23-13-15(11-22-23)14-7-8-17(25-3)18(10-14)26-4/h5-11,13H,12H2,1-4H3,(H,21,24). The molecule has 7 heteroatoms. The molecule has 0 aliphatic carbocycles. The molecule has 0 aliphatic rings. The lowest BCUT2D eigenvalue weighted by atomic mass is 10.0. The Morgan fingerprint density at radius 2 is 1.96 bits per heavy atom. The van der Waals surface area contributed by atoms with E-state index in [0.717, 1.165) is 11.1 Å². The monoisotopic (exact) mass is 369 g/mol. The first kappa shape index (κ1) is 18.6. The van der Waals surface area contributed by atoms with E-state index in [9.17, 15) is 4.79 Å². The Bertz CT molecular complexity index is 913. The van der Waals surface area contributed by atoms with Crippen molar-refractivity contribution in [2.24, 2.45) is 0 Å². The van der Waals surface area contributed by atoms with E-state index < -0.39 is 5.54 Å². The summed E-state index contributed by atoms with van der Waals surface area (Å²) in [7, 11) is 3.19. The van der Waals surface area contributed by atoms with Gasteiger partial charge in [-0.25, -0.2) is 0 Å². The molecule has 1 aromatic carbocycles. The predicted molar refractivity (Wildman–Crippen MR) is 101 cm³/mol. The molecule has 3 aromatic rings. The van der Waals surface area contributed by atoms with Crippen molar-refractivity contribution in [1.82, 2.24) is 15.1 Å². The number of hydrogen-bond acceptors (Lipinski definition) is 5. The lowest BCUT2D eigenvalue weighted by Gasteiger charge is -2.24. The Morgan fingerprint density at radius 1 is 1.19 bits per heavy atom. The van der Waals surface area contributed by atoms with Crippen molar-refractivity contribution in [2.75, 3.05) is 14.2 Å². The van der Waals surface area contributed by atoms with Crippen molar-refractivity contribution in [1.29, 1.82) is 0 Å². The third kappa shape index (κ3) is 3.81. The third-order valence-corrected chi connectivity index (χ3v) is 4.43. The Kier molecular flexibility index (Phi) is 5.21. The van der Waals surface area contributed by atoms with E-state index in [4.69, 9.17) is 13.9 Å². The number of amides is 1. The summed E-state index contributed by atoms with van der Waals surface area (Å²) in [6, 6.07) is 9.25. The fourth-order valence-electron chi connectivity index (χ4n) is 2.69. The molecule has 0 fully saturated rings. The van der Waals surface area contributed by atoms with Gasteiger partial charge in [-0.3, -0.25) is 9.48 Å². The number of carbonyl (C=O) groups excluding carboxylic acids is 1. The normalized spacial score (nSPS) is 11.3. The summed E-state index contributed by atoms with van der Waals surface area (Å²) in [6.07, 6.45) is 5.14. The topological polar surface area (TPSA) is 78.5 Å². The first-order valence-electron chi connectivity index (χ1n) is 8.54. The van der Waals surface area contributed by atoms with Crippen molar-refractivity contribution >= 4 is 5.91 Å². The molecule has 0 saturated heterocycles. The average molecular weight is 369 g/mol. The van der Waals surface area contributed by atoms with Crippen LogP contribution in [-0.4, -0.2) is 29.9 Å². The maximum Gasteiger partial charge on any atom is 0.247 e. The van der Waals surface area contributed by atoms with Gasteiger partial charge in [0.2, 0.25) is 5.91 Å². The largest absolute Gasteiger partial charge is 0.493 e. The lowest BCUT2D eigenvalue weighted by Crippen LogP contribution is -2.44. The molecular formula is C20H23N3O4. The molecule has 7 nitrogen and oxygen atoms in total. The number of benzene rings is 1. The van der Waals surface area contributed by atoms with E-state index in [1.807, 2.05) is 44.3 Å². The minimum absolute atomic E-state index is 0.152. The Balaban J connectivity index is 1.78. The second-order valence-electron chi connectivity index (χ2n) is 6.56. The zero-order valence-corrected chi connectivity index (χ0v) is 15.9. The number of nitrogens with one attached hydrogen (secondary N) is 1. The van der Waals surface area contributed by atoms with Crippen LogP contribution in [0.2, 0.25) is 0 Å². The van der Waals surface area contributed by atoms with Crippen molar-refractivity contribution in [3.63, 3.8) is 0 Å². The maximum absolute atomic E-state index is 12.6. The van der Waals surface area contributed by atoms with Gasteiger partial charge in [-0.15, -0.1) is 0 Å². The van der Waals surface area contributed by atoms with Crippen molar-refractivity contribution < 1.29 is 18.7 Å². The molecule has 2 heterocycles. The van der Waals surface area contributed by atoms with Gasteiger partial charge in [0, 0.05) is 11.8 Å². The van der Waals surface area contributed by atoms with Crippen LogP contribution in [0.5, 0.6) is 11.5 Å². The van der Waals surface area contributed by atoms with Gasteiger partial charge in [0.1, 0.15) is 11.3 Å². The molecule has 0 atom stereocenters. The number of ether oxygens (including phenoxy) is 2. The van der Waals surface area contributed by atoms with E-state index in [1.54, 1.807) is 37.4 Å². The summed E-state index contributed by atoms with van der Waals surface area (Å²) >= 11 is 0. The molecule has 3 rings (SSSR count). The van der Waals surface area contributed by atoms with Crippen LogP contribution in [0.4, 0.5) is 0 Å². The van der Waals surface area contributed by atoms with Crippen LogP contribution in [-0.2, 0) is 16.9 Å². The number of furan rings is 1. The molecule has 1 amide bonds. The van der Waals surface area contributed by atoms with E-state index in [-0.39, 0.29) is 5.91 Å². The molecule has 0 radical (unpaired) electrons. The average Bonchev–Trinajstić information content (AvgIpc) is 3.37. The van der Waals surface area contributed by atoms with Crippen LogP contribution in [0.1, 0.15) is 19.6 Å². The van der Waals surface area contributed by atoms with Gasteiger partial charge in [-0.1, -0.05) is 6.07 Å². The zero-order valence-electron chi connectivity index (χ0n) is 15.9. The SMILES string of the molecule is COc1ccc(-c2cnn(C(C)(C)C(=O)NCc3ccco3)c2)cc1OC. The Morgan fingerprint density at radius 3 is 2.63 bits per heavy atom. The second kappa shape index (κ2) is 7.57. The third-order valence-electron chi connectivity index (χ3n) is 4.43. The number of methoxy groups -OCH3 is 2. The summed E-state index contributed by atoms with van der Waals surface area (Å²) in [5.41, 5.74) is 0.940. The molecule has 0 aliphatic heterocycles. The molecule has 0 bridgehead atoms. The van der Waals surface area contributed by atoms with Crippen LogP contribution in [0.15, 0.2) is 53.4 Å². The molecule has 27 heavy (non-hydrogen) atoms. The van der Waals surface area contributed by atoms with E-state index >= 15 is 0 Å². The number of nitrogens with zero attached hydrogens (tertiary/aromatic N) is 2. The van der Waals surface area contributed by atoms with Gasteiger partial charge in [0.25, 0.3) is 0 Å². The summed E-state index contributed by atoms with van der Waals surface area (Å²) in [4.78, 5) is 12.6. The van der Waals surface area contributed by atoms with Gasteiger partial charge in [-0.05, 0) is 43.7 Å². The van der Waals surface area contributed by atoms with Crippen LogP contribution in [0, 0.1) is 0 Å².